The molecule has 0 aromatic heterocycles. The molecule has 1 amide bonds. The minimum absolute atomic E-state index is 0.319. The molecule has 0 saturated carbocycles. The average molecular weight is 216 g/mol. The van der Waals surface area contributed by atoms with E-state index in [0.29, 0.717) is 6.54 Å². The second kappa shape index (κ2) is 8.23. The maximum atomic E-state index is 11.2. The van der Waals surface area contributed by atoms with Gasteiger partial charge in [-0.15, -0.1) is 0 Å². The summed E-state index contributed by atoms with van der Waals surface area (Å²) in [5.41, 5.74) is 5.37. The summed E-state index contributed by atoms with van der Waals surface area (Å²) in [6, 6.07) is -0.936. The average Bonchev–Trinajstić information content (AvgIpc) is 2.16. The van der Waals surface area contributed by atoms with Crippen LogP contribution in [0.25, 0.3) is 0 Å². The molecule has 0 heterocycles. The van der Waals surface area contributed by atoms with E-state index in [1.165, 1.54) is 0 Å². The lowest BCUT2D eigenvalue weighted by molar-refractivity contribution is -0.139. The number of amides is 1. The third kappa shape index (κ3) is 7.93. The van der Waals surface area contributed by atoms with E-state index in [-0.39, 0.29) is 12.3 Å². The number of carboxylic acids is 1. The van der Waals surface area contributed by atoms with Crippen LogP contribution in [0, 0.1) is 0 Å². The highest BCUT2D eigenvalue weighted by atomic mass is 16.4. The first-order valence-electron chi connectivity index (χ1n) is 5.33. The highest BCUT2D eigenvalue weighted by Crippen LogP contribution is 1.97. The van der Waals surface area contributed by atoms with Gasteiger partial charge in [0.1, 0.15) is 0 Å². The van der Waals surface area contributed by atoms with E-state index in [4.69, 9.17) is 10.8 Å². The zero-order valence-electron chi connectivity index (χ0n) is 9.16. The number of carbonyl (C=O) groups is 2. The van der Waals surface area contributed by atoms with Gasteiger partial charge in [0.15, 0.2) is 0 Å². The van der Waals surface area contributed by atoms with Crippen LogP contribution >= 0.6 is 0 Å². The van der Waals surface area contributed by atoms with Gasteiger partial charge in [-0.05, 0) is 6.42 Å². The minimum Gasteiger partial charge on any atom is -0.481 e. The van der Waals surface area contributed by atoms with E-state index in [2.05, 4.69) is 12.2 Å². The SMILES string of the molecule is CCCCCCNC(=O)[C@H](N)CC(=O)O. The molecule has 4 N–H and O–H groups in total. The number of aliphatic carboxylic acids is 1. The first-order valence-corrected chi connectivity index (χ1v) is 5.33. The number of carbonyl (C=O) groups excluding carboxylic acids is 1. The van der Waals surface area contributed by atoms with Crippen LogP contribution in [0.3, 0.4) is 0 Å². The summed E-state index contributed by atoms with van der Waals surface area (Å²) in [5, 5.41) is 11.0. The van der Waals surface area contributed by atoms with E-state index in [0.717, 1.165) is 25.7 Å². The summed E-state index contributed by atoms with van der Waals surface area (Å²) >= 11 is 0. The maximum Gasteiger partial charge on any atom is 0.305 e. The molecule has 0 bridgehead atoms. The quantitative estimate of drug-likeness (QED) is 0.515. The largest absolute Gasteiger partial charge is 0.481 e. The molecule has 0 spiro atoms. The number of nitrogens with one attached hydrogen (secondary N) is 1. The normalized spacial score (nSPS) is 12.1. The number of hydrogen-bond acceptors (Lipinski definition) is 3. The van der Waals surface area contributed by atoms with Crippen molar-refractivity contribution < 1.29 is 14.7 Å². The first-order chi connectivity index (χ1) is 7.07. The molecule has 5 nitrogen and oxygen atoms in total. The van der Waals surface area contributed by atoms with Crippen molar-refractivity contribution in [2.75, 3.05) is 6.54 Å². The Morgan fingerprint density at radius 2 is 2.00 bits per heavy atom. The Labute approximate surface area is 90.0 Å². The number of nitrogens with two attached hydrogens (primary N) is 1. The molecular formula is C10H20N2O3. The predicted octanol–water partition coefficient (Wildman–Crippen LogP) is 0.485. The molecule has 1 atom stereocenters. The fourth-order valence-electron chi connectivity index (χ4n) is 1.18. The summed E-state index contributed by atoms with van der Waals surface area (Å²) < 4.78 is 0. The first kappa shape index (κ1) is 13.9. The van der Waals surface area contributed by atoms with Gasteiger partial charge in [0, 0.05) is 6.54 Å². The van der Waals surface area contributed by atoms with Crippen LogP contribution in [-0.4, -0.2) is 29.6 Å². The Morgan fingerprint density at radius 1 is 1.33 bits per heavy atom. The Hall–Kier alpha value is -1.10. The van der Waals surface area contributed by atoms with Gasteiger partial charge < -0.3 is 16.2 Å². The van der Waals surface area contributed by atoms with Gasteiger partial charge >= 0.3 is 5.97 Å². The number of carboxylic acid groups (broad SMARTS) is 1. The Morgan fingerprint density at radius 3 is 2.53 bits per heavy atom. The van der Waals surface area contributed by atoms with Gasteiger partial charge in [-0.1, -0.05) is 26.2 Å². The van der Waals surface area contributed by atoms with Gasteiger partial charge in [-0.2, -0.15) is 0 Å². The van der Waals surface area contributed by atoms with Crippen LogP contribution in [0.2, 0.25) is 0 Å². The highest BCUT2D eigenvalue weighted by molar-refractivity contribution is 5.85. The Kier molecular flexibility index (Phi) is 7.62. The molecule has 5 heteroatoms. The van der Waals surface area contributed by atoms with Crippen LogP contribution in [0.4, 0.5) is 0 Å². The van der Waals surface area contributed by atoms with Crippen molar-refractivity contribution in [1.29, 1.82) is 0 Å². The molecule has 0 aliphatic rings. The van der Waals surface area contributed by atoms with Gasteiger partial charge in [0.25, 0.3) is 0 Å². The lowest BCUT2D eigenvalue weighted by Gasteiger charge is -2.09. The predicted molar refractivity (Wildman–Crippen MR) is 57.4 cm³/mol. The number of hydrogen-bond donors (Lipinski definition) is 3. The third-order valence-electron chi connectivity index (χ3n) is 2.06. The van der Waals surface area contributed by atoms with Crippen molar-refractivity contribution in [3.8, 4) is 0 Å². The monoisotopic (exact) mass is 216 g/mol. The van der Waals surface area contributed by atoms with Gasteiger partial charge in [-0.25, -0.2) is 0 Å². The van der Waals surface area contributed by atoms with Crippen molar-refractivity contribution in [2.24, 2.45) is 5.73 Å². The summed E-state index contributed by atoms with van der Waals surface area (Å²) in [7, 11) is 0. The van der Waals surface area contributed by atoms with E-state index in [9.17, 15) is 9.59 Å². The number of rotatable bonds is 8. The van der Waals surface area contributed by atoms with Gasteiger partial charge in [0.2, 0.25) is 5.91 Å². The molecule has 15 heavy (non-hydrogen) atoms. The summed E-state index contributed by atoms with van der Waals surface area (Å²) in [5.74, 6) is -1.43. The summed E-state index contributed by atoms with van der Waals surface area (Å²) in [6.07, 6.45) is 3.97. The standard InChI is InChI=1S/C10H20N2O3/c1-2-3-4-5-6-12-10(15)8(11)7-9(13)14/h8H,2-7,11H2,1H3,(H,12,15)(H,13,14)/t8-/m1/s1. The molecule has 0 fully saturated rings. The molecule has 0 radical (unpaired) electrons. The van der Waals surface area contributed by atoms with Crippen LogP contribution in [-0.2, 0) is 9.59 Å². The fraction of sp³-hybridized carbons (Fsp3) is 0.800. The molecule has 0 aliphatic heterocycles. The Bertz CT molecular complexity index is 207. The zero-order valence-corrected chi connectivity index (χ0v) is 9.16. The van der Waals surface area contributed by atoms with E-state index in [1.54, 1.807) is 0 Å². The Balaban J connectivity index is 3.51. The van der Waals surface area contributed by atoms with Crippen LogP contribution < -0.4 is 11.1 Å². The maximum absolute atomic E-state index is 11.2. The molecule has 0 saturated heterocycles. The molecular weight excluding hydrogens is 196 g/mol. The third-order valence-corrected chi connectivity index (χ3v) is 2.06. The minimum atomic E-state index is -1.05. The van der Waals surface area contributed by atoms with Crippen molar-refractivity contribution in [2.45, 2.75) is 45.1 Å². The summed E-state index contributed by atoms with van der Waals surface area (Å²) in [4.78, 5) is 21.5. The van der Waals surface area contributed by atoms with E-state index >= 15 is 0 Å². The second-order valence-electron chi connectivity index (χ2n) is 3.56. The van der Waals surface area contributed by atoms with Gasteiger partial charge in [-0.3, -0.25) is 9.59 Å². The molecule has 0 aliphatic carbocycles. The molecule has 0 rings (SSSR count). The number of unbranched alkanes of at least 4 members (excludes halogenated alkanes) is 3. The zero-order chi connectivity index (χ0) is 11.7. The lowest BCUT2D eigenvalue weighted by Crippen LogP contribution is -2.42. The topological polar surface area (TPSA) is 92.4 Å². The van der Waals surface area contributed by atoms with Crippen molar-refractivity contribution >= 4 is 11.9 Å². The van der Waals surface area contributed by atoms with Gasteiger partial charge in [0.05, 0.1) is 12.5 Å². The molecule has 0 unspecified atom stereocenters. The van der Waals surface area contributed by atoms with E-state index in [1.807, 2.05) is 0 Å². The lowest BCUT2D eigenvalue weighted by atomic mass is 10.2. The molecule has 88 valence electrons. The highest BCUT2D eigenvalue weighted by Gasteiger charge is 2.15. The second-order valence-corrected chi connectivity index (χ2v) is 3.56. The van der Waals surface area contributed by atoms with Crippen LogP contribution in [0.1, 0.15) is 39.0 Å². The smallest absolute Gasteiger partial charge is 0.305 e. The molecule has 0 aromatic carbocycles. The van der Waals surface area contributed by atoms with Crippen molar-refractivity contribution in [1.82, 2.24) is 5.32 Å². The van der Waals surface area contributed by atoms with Crippen LogP contribution in [0.15, 0.2) is 0 Å². The van der Waals surface area contributed by atoms with Crippen molar-refractivity contribution in [3.05, 3.63) is 0 Å². The van der Waals surface area contributed by atoms with Crippen LogP contribution in [0.5, 0.6) is 0 Å². The summed E-state index contributed by atoms with van der Waals surface area (Å²) in [6.45, 7) is 2.69. The molecule has 0 aromatic rings. The fourth-order valence-corrected chi connectivity index (χ4v) is 1.18. The van der Waals surface area contributed by atoms with E-state index < -0.39 is 12.0 Å². The van der Waals surface area contributed by atoms with Crippen molar-refractivity contribution in [3.63, 3.8) is 0 Å².